The van der Waals surface area contributed by atoms with Crippen LogP contribution in [0.1, 0.15) is 33.2 Å². The average molecular weight is 238 g/mol. The van der Waals surface area contributed by atoms with Gasteiger partial charge in [0.2, 0.25) is 0 Å². The Hall–Kier alpha value is -1.88. The minimum absolute atomic E-state index is 0.0635. The van der Waals surface area contributed by atoms with E-state index in [1.807, 2.05) is 0 Å². The van der Waals surface area contributed by atoms with Crippen molar-refractivity contribution in [2.75, 3.05) is 7.11 Å². The number of carboxylic acid groups (broad SMARTS) is 1. The van der Waals surface area contributed by atoms with Gasteiger partial charge in [-0.25, -0.2) is 9.59 Å². The normalized spacial score (nSPS) is 12.0. The first-order valence-corrected chi connectivity index (χ1v) is 4.98. The van der Waals surface area contributed by atoms with Crippen molar-refractivity contribution in [3.8, 4) is 0 Å². The first kappa shape index (κ1) is 13.2. The highest BCUT2D eigenvalue weighted by molar-refractivity contribution is 5.90. The molecule has 0 heterocycles. The van der Waals surface area contributed by atoms with Gasteiger partial charge in [0, 0.05) is 0 Å². The fourth-order valence-corrected chi connectivity index (χ4v) is 1.63. The van der Waals surface area contributed by atoms with E-state index >= 15 is 0 Å². The van der Waals surface area contributed by atoms with Crippen molar-refractivity contribution < 1.29 is 24.5 Å². The van der Waals surface area contributed by atoms with Gasteiger partial charge in [-0.15, -0.1) is 0 Å². The predicted octanol–water partition coefficient (Wildman–Crippen LogP) is 1.21. The number of carboxylic acids is 1. The fraction of sp³-hybridized carbons (Fsp3) is 0.333. The van der Waals surface area contributed by atoms with Crippen LogP contribution in [0.3, 0.4) is 0 Å². The summed E-state index contributed by atoms with van der Waals surface area (Å²) in [7, 11) is 1.16. The molecule has 17 heavy (non-hydrogen) atoms. The molecule has 0 bridgehead atoms. The molecule has 0 saturated carbocycles. The molecule has 0 saturated heterocycles. The highest BCUT2D eigenvalue weighted by Gasteiger charge is 2.22. The number of ether oxygens (including phenoxy) is 1. The van der Waals surface area contributed by atoms with Crippen molar-refractivity contribution in [1.82, 2.24) is 0 Å². The Kier molecular flexibility index (Phi) is 3.85. The van der Waals surface area contributed by atoms with Crippen LogP contribution in [0.15, 0.2) is 12.1 Å². The summed E-state index contributed by atoms with van der Waals surface area (Å²) >= 11 is 0. The van der Waals surface area contributed by atoms with E-state index in [2.05, 4.69) is 4.74 Å². The highest BCUT2D eigenvalue weighted by Crippen LogP contribution is 2.23. The molecular formula is C12H14O5. The summed E-state index contributed by atoms with van der Waals surface area (Å²) in [6, 6.07) is 2.92. The Labute approximate surface area is 98.6 Å². The van der Waals surface area contributed by atoms with E-state index in [0.29, 0.717) is 11.1 Å². The number of aryl methyl sites for hydroxylation is 2. The largest absolute Gasteiger partial charge is 0.478 e. The lowest BCUT2D eigenvalue weighted by Crippen LogP contribution is -2.16. The minimum atomic E-state index is -1.46. The maximum absolute atomic E-state index is 11.2. The van der Waals surface area contributed by atoms with E-state index in [9.17, 15) is 14.7 Å². The number of hydrogen-bond acceptors (Lipinski definition) is 4. The van der Waals surface area contributed by atoms with Crippen molar-refractivity contribution in [2.24, 2.45) is 0 Å². The maximum Gasteiger partial charge on any atom is 0.339 e. The zero-order valence-corrected chi connectivity index (χ0v) is 9.85. The van der Waals surface area contributed by atoms with Gasteiger partial charge >= 0.3 is 11.9 Å². The van der Waals surface area contributed by atoms with Gasteiger partial charge in [0.05, 0.1) is 12.7 Å². The summed E-state index contributed by atoms with van der Waals surface area (Å²) in [4.78, 5) is 22.2. The second-order valence-electron chi connectivity index (χ2n) is 3.75. The van der Waals surface area contributed by atoms with Gasteiger partial charge in [0.25, 0.3) is 0 Å². The summed E-state index contributed by atoms with van der Waals surface area (Å²) < 4.78 is 4.42. The number of rotatable bonds is 3. The number of benzene rings is 1. The maximum atomic E-state index is 11.2. The summed E-state index contributed by atoms with van der Waals surface area (Å²) in [6.45, 7) is 3.35. The van der Waals surface area contributed by atoms with Crippen LogP contribution in [-0.2, 0) is 9.53 Å². The van der Waals surface area contributed by atoms with Gasteiger partial charge in [0.1, 0.15) is 0 Å². The molecule has 92 valence electrons. The van der Waals surface area contributed by atoms with Crippen LogP contribution in [-0.4, -0.2) is 29.3 Å². The van der Waals surface area contributed by atoms with Crippen molar-refractivity contribution >= 4 is 11.9 Å². The van der Waals surface area contributed by atoms with Crippen molar-refractivity contribution in [3.63, 3.8) is 0 Å². The Morgan fingerprint density at radius 1 is 1.24 bits per heavy atom. The first-order valence-electron chi connectivity index (χ1n) is 4.98. The second-order valence-corrected chi connectivity index (χ2v) is 3.75. The van der Waals surface area contributed by atoms with Crippen LogP contribution in [0.25, 0.3) is 0 Å². The number of hydrogen-bond donors (Lipinski definition) is 2. The van der Waals surface area contributed by atoms with Crippen LogP contribution < -0.4 is 0 Å². The quantitative estimate of drug-likeness (QED) is 0.773. The van der Waals surface area contributed by atoms with E-state index in [4.69, 9.17) is 5.11 Å². The SMILES string of the molecule is COC(=O)C(O)c1cc(C(=O)O)c(C)cc1C. The van der Waals surface area contributed by atoms with Crippen molar-refractivity contribution in [1.29, 1.82) is 0 Å². The second kappa shape index (κ2) is 4.97. The topological polar surface area (TPSA) is 83.8 Å². The smallest absolute Gasteiger partial charge is 0.339 e. The third-order valence-electron chi connectivity index (χ3n) is 2.56. The minimum Gasteiger partial charge on any atom is -0.478 e. The predicted molar refractivity (Wildman–Crippen MR) is 59.9 cm³/mol. The fourth-order valence-electron chi connectivity index (χ4n) is 1.63. The molecular weight excluding hydrogens is 224 g/mol. The average Bonchev–Trinajstić information content (AvgIpc) is 2.26. The first-order chi connectivity index (χ1) is 7.88. The standard InChI is InChI=1S/C12H14O5/c1-6-4-7(2)9(11(14)15)5-8(6)10(13)12(16)17-3/h4-5,10,13H,1-3H3,(H,14,15). The van der Waals surface area contributed by atoms with Gasteiger partial charge in [-0.3, -0.25) is 0 Å². The van der Waals surface area contributed by atoms with Crippen LogP contribution >= 0.6 is 0 Å². The molecule has 1 aromatic carbocycles. The Balaban J connectivity index is 3.29. The number of carbonyl (C=O) groups is 2. The number of aliphatic hydroxyl groups excluding tert-OH is 1. The van der Waals surface area contributed by atoms with Gasteiger partial charge in [-0.05, 0) is 36.6 Å². The Morgan fingerprint density at radius 3 is 2.29 bits per heavy atom. The molecule has 0 aliphatic rings. The van der Waals surface area contributed by atoms with Gasteiger partial charge in [0.15, 0.2) is 6.10 Å². The monoisotopic (exact) mass is 238 g/mol. The number of carbonyl (C=O) groups excluding carboxylic acids is 1. The van der Waals surface area contributed by atoms with Gasteiger partial charge in [-0.2, -0.15) is 0 Å². The number of aliphatic hydroxyl groups is 1. The number of methoxy groups -OCH3 is 1. The lowest BCUT2D eigenvalue weighted by atomic mass is 9.96. The van der Waals surface area contributed by atoms with Crippen LogP contribution in [0.2, 0.25) is 0 Å². The summed E-state index contributed by atoms with van der Waals surface area (Å²) in [5.74, 6) is -1.91. The molecule has 1 aromatic rings. The summed E-state index contributed by atoms with van der Waals surface area (Å²) in [5, 5.41) is 18.7. The molecule has 0 amide bonds. The van der Waals surface area contributed by atoms with E-state index in [0.717, 1.165) is 7.11 Å². The molecule has 5 heteroatoms. The molecule has 5 nitrogen and oxygen atoms in total. The lowest BCUT2D eigenvalue weighted by molar-refractivity contribution is -0.150. The van der Waals surface area contributed by atoms with E-state index in [-0.39, 0.29) is 11.1 Å². The van der Waals surface area contributed by atoms with Gasteiger partial charge < -0.3 is 14.9 Å². The molecule has 0 aromatic heterocycles. The summed E-state index contributed by atoms with van der Waals surface area (Å²) in [5.41, 5.74) is 1.54. The van der Waals surface area contributed by atoms with Crippen LogP contribution in [0.5, 0.6) is 0 Å². The molecule has 0 fully saturated rings. The van der Waals surface area contributed by atoms with E-state index in [1.54, 1.807) is 19.9 Å². The summed E-state index contributed by atoms with van der Waals surface area (Å²) in [6.07, 6.45) is -1.46. The lowest BCUT2D eigenvalue weighted by Gasteiger charge is -2.13. The zero-order chi connectivity index (χ0) is 13.2. The van der Waals surface area contributed by atoms with E-state index < -0.39 is 18.0 Å². The molecule has 0 radical (unpaired) electrons. The molecule has 2 N–H and O–H groups in total. The molecule has 0 aliphatic carbocycles. The molecule has 1 atom stereocenters. The number of aromatic carboxylic acids is 1. The highest BCUT2D eigenvalue weighted by atomic mass is 16.5. The van der Waals surface area contributed by atoms with Crippen molar-refractivity contribution in [3.05, 3.63) is 34.4 Å². The molecule has 1 rings (SSSR count). The van der Waals surface area contributed by atoms with Crippen LogP contribution in [0, 0.1) is 13.8 Å². The molecule has 1 unspecified atom stereocenters. The Bertz CT molecular complexity index is 464. The zero-order valence-electron chi connectivity index (χ0n) is 9.85. The van der Waals surface area contributed by atoms with E-state index in [1.165, 1.54) is 6.07 Å². The molecule has 0 aliphatic heterocycles. The molecule has 0 spiro atoms. The van der Waals surface area contributed by atoms with Crippen LogP contribution in [0.4, 0.5) is 0 Å². The Morgan fingerprint density at radius 2 is 1.82 bits per heavy atom. The number of esters is 1. The third-order valence-corrected chi connectivity index (χ3v) is 2.56. The third kappa shape index (κ3) is 2.62. The van der Waals surface area contributed by atoms with Crippen molar-refractivity contribution in [2.45, 2.75) is 20.0 Å². The van der Waals surface area contributed by atoms with Gasteiger partial charge in [-0.1, -0.05) is 6.07 Å².